The van der Waals surface area contributed by atoms with Crippen molar-refractivity contribution in [2.24, 2.45) is 5.73 Å². The number of nitrogens with zero attached hydrogens (tertiary/aromatic N) is 1. The van der Waals surface area contributed by atoms with Crippen LogP contribution in [0.2, 0.25) is 0 Å². The number of hydrogen-bond acceptors (Lipinski definition) is 4. The molecule has 0 spiro atoms. The quantitative estimate of drug-likeness (QED) is 0.737. The lowest BCUT2D eigenvalue weighted by molar-refractivity contribution is -0.118. The number of sulfonamides is 1. The molecule has 0 aliphatic heterocycles. The lowest BCUT2D eigenvalue weighted by Gasteiger charge is -2.22. The Balaban J connectivity index is 3.31. The van der Waals surface area contributed by atoms with Crippen molar-refractivity contribution in [3.63, 3.8) is 0 Å². The Morgan fingerprint density at radius 2 is 1.90 bits per heavy atom. The summed E-state index contributed by atoms with van der Waals surface area (Å²) in [6, 6.07) is 3.29. The monoisotopic (exact) mass is 313 g/mol. The number of hydrogen-bond donors (Lipinski definition) is 2. The SMILES string of the molecule is CCCCN(CC(N)=O)S(=O)(=O)c1cc(C)cc(N)c1C. The third-order valence-corrected chi connectivity index (χ3v) is 5.23. The highest BCUT2D eigenvalue weighted by Crippen LogP contribution is 2.26. The number of amides is 1. The second-order valence-electron chi connectivity index (χ2n) is 5.14. The van der Waals surface area contributed by atoms with Gasteiger partial charge in [0.2, 0.25) is 15.9 Å². The van der Waals surface area contributed by atoms with Gasteiger partial charge in [-0.15, -0.1) is 0 Å². The molecular formula is C14H23N3O3S. The van der Waals surface area contributed by atoms with Crippen LogP contribution in [-0.2, 0) is 14.8 Å². The van der Waals surface area contributed by atoms with Crippen LogP contribution in [0, 0.1) is 13.8 Å². The first-order chi connectivity index (χ1) is 9.70. The van der Waals surface area contributed by atoms with E-state index in [0.717, 1.165) is 16.3 Å². The van der Waals surface area contributed by atoms with Crippen molar-refractivity contribution in [2.45, 2.75) is 38.5 Å². The van der Waals surface area contributed by atoms with Gasteiger partial charge >= 0.3 is 0 Å². The summed E-state index contributed by atoms with van der Waals surface area (Å²) in [5.41, 5.74) is 12.7. The van der Waals surface area contributed by atoms with E-state index in [1.807, 2.05) is 6.92 Å². The minimum absolute atomic E-state index is 0.136. The zero-order chi connectivity index (χ0) is 16.2. The minimum Gasteiger partial charge on any atom is -0.398 e. The molecule has 0 heterocycles. The molecule has 21 heavy (non-hydrogen) atoms. The summed E-state index contributed by atoms with van der Waals surface area (Å²) in [6.45, 7) is 5.32. The molecule has 1 aromatic rings. The lowest BCUT2D eigenvalue weighted by atomic mass is 10.1. The number of rotatable bonds is 7. The molecule has 0 unspecified atom stereocenters. The van der Waals surface area contributed by atoms with E-state index in [0.29, 0.717) is 17.7 Å². The zero-order valence-electron chi connectivity index (χ0n) is 12.7. The minimum atomic E-state index is -3.79. The van der Waals surface area contributed by atoms with Gasteiger partial charge < -0.3 is 11.5 Å². The van der Waals surface area contributed by atoms with Crippen LogP contribution in [0.1, 0.15) is 30.9 Å². The average Bonchev–Trinajstić information content (AvgIpc) is 2.38. The standard InChI is InChI=1S/C14H23N3O3S/c1-4-5-6-17(9-14(16)18)21(19,20)13-8-10(2)7-12(15)11(13)3/h7-8H,4-6,9,15H2,1-3H3,(H2,16,18). The normalized spacial score (nSPS) is 11.8. The van der Waals surface area contributed by atoms with Gasteiger partial charge in [-0.2, -0.15) is 4.31 Å². The van der Waals surface area contributed by atoms with Crippen LogP contribution >= 0.6 is 0 Å². The number of carbonyl (C=O) groups is 1. The Hall–Kier alpha value is -1.60. The number of unbranched alkanes of at least 4 members (excludes halogenated alkanes) is 1. The number of benzene rings is 1. The number of carbonyl (C=O) groups excluding carboxylic acids is 1. The fourth-order valence-electron chi connectivity index (χ4n) is 2.05. The zero-order valence-corrected chi connectivity index (χ0v) is 13.5. The van der Waals surface area contributed by atoms with Crippen LogP contribution in [0.25, 0.3) is 0 Å². The summed E-state index contributed by atoms with van der Waals surface area (Å²) in [6.07, 6.45) is 1.48. The molecule has 4 N–H and O–H groups in total. The van der Waals surface area contributed by atoms with E-state index in [-0.39, 0.29) is 18.0 Å². The Morgan fingerprint density at radius 1 is 1.29 bits per heavy atom. The summed E-state index contributed by atoms with van der Waals surface area (Å²) in [5.74, 6) is -0.673. The first-order valence-corrected chi connectivity index (χ1v) is 8.29. The van der Waals surface area contributed by atoms with Crippen molar-refractivity contribution < 1.29 is 13.2 Å². The maximum Gasteiger partial charge on any atom is 0.243 e. The van der Waals surface area contributed by atoms with Crippen molar-refractivity contribution in [3.8, 4) is 0 Å². The molecule has 1 amide bonds. The second-order valence-corrected chi connectivity index (χ2v) is 7.04. The van der Waals surface area contributed by atoms with E-state index in [1.54, 1.807) is 26.0 Å². The van der Waals surface area contributed by atoms with Gasteiger partial charge in [0.15, 0.2) is 0 Å². The van der Waals surface area contributed by atoms with Gasteiger partial charge in [0, 0.05) is 12.2 Å². The number of anilines is 1. The second kappa shape index (κ2) is 6.91. The Morgan fingerprint density at radius 3 is 2.43 bits per heavy atom. The molecule has 7 heteroatoms. The number of nitrogens with two attached hydrogens (primary N) is 2. The maximum absolute atomic E-state index is 12.8. The van der Waals surface area contributed by atoms with E-state index in [2.05, 4.69) is 0 Å². The van der Waals surface area contributed by atoms with Crippen LogP contribution in [0.4, 0.5) is 5.69 Å². The molecule has 118 valence electrons. The van der Waals surface area contributed by atoms with Crippen LogP contribution in [0.5, 0.6) is 0 Å². The Bertz CT molecular complexity index is 627. The molecule has 0 saturated heterocycles. The molecule has 0 aromatic heterocycles. The third-order valence-electron chi connectivity index (χ3n) is 3.26. The summed E-state index contributed by atoms with van der Waals surface area (Å²) >= 11 is 0. The average molecular weight is 313 g/mol. The molecule has 0 radical (unpaired) electrons. The maximum atomic E-state index is 12.8. The molecule has 6 nitrogen and oxygen atoms in total. The number of aryl methyl sites for hydroxylation is 1. The van der Waals surface area contributed by atoms with Gasteiger partial charge in [-0.1, -0.05) is 13.3 Å². The smallest absolute Gasteiger partial charge is 0.243 e. The fraction of sp³-hybridized carbons (Fsp3) is 0.500. The van der Waals surface area contributed by atoms with Crippen LogP contribution in [0.3, 0.4) is 0 Å². The number of primary amides is 1. The predicted octanol–water partition coefficient (Wildman–Crippen LogP) is 1.16. The molecule has 0 saturated carbocycles. The van der Waals surface area contributed by atoms with Gasteiger partial charge in [0.05, 0.1) is 11.4 Å². The van der Waals surface area contributed by atoms with E-state index in [9.17, 15) is 13.2 Å². The van der Waals surface area contributed by atoms with Gasteiger partial charge in [-0.25, -0.2) is 8.42 Å². The van der Waals surface area contributed by atoms with Crippen LogP contribution < -0.4 is 11.5 Å². The summed E-state index contributed by atoms with van der Waals surface area (Å²) < 4.78 is 26.6. The Kier molecular flexibility index (Phi) is 5.74. The first-order valence-electron chi connectivity index (χ1n) is 6.85. The van der Waals surface area contributed by atoms with Gasteiger partial charge in [0.25, 0.3) is 0 Å². The lowest BCUT2D eigenvalue weighted by Crippen LogP contribution is -2.39. The number of nitrogen functional groups attached to an aromatic ring is 1. The highest BCUT2D eigenvalue weighted by Gasteiger charge is 2.27. The predicted molar refractivity (Wildman–Crippen MR) is 83.2 cm³/mol. The molecular weight excluding hydrogens is 290 g/mol. The van der Waals surface area contributed by atoms with Crippen LogP contribution in [0.15, 0.2) is 17.0 Å². The molecule has 1 rings (SSSR count). The fourth-order valence-corrected chi connectivity index (χ4v) is 3.84. The van der Waals surface area contributed by atoms with Crippen molar-refractivity contribution in [1.82, 2.24) is 4.31 Å². The van der Waals surface area contributed by atoms with Crippen molar-refractivity contribution in [2.75, 3.05) is 18.8 Å². The largest absolute Gasteiger partial charge is 0.398 e. The van der Waals surface area contributed by atoms with Gasteiger partial charge in [-0.3, -0.25) is 4.79 Å². The highest BCUT2D eigenvalue weighted by atomic mass is 32.2. The van der Waals surface area contributed by atoms with Crippen LogP contribution in [-0.4, -0.2) is 31.7 Å². The highest BCUT2D eigenvalue weighted by molar-refractivity contribution is 7.89. The first kappa shape index (κ1) is 17.5. The molecule has 0 aliphatic carbocycles. The van der Waals surface area contributed by atoms with E-state index in [4.69, 9.17) is 11.5 Å². The van der Waals surface area contributed by atoms with Gasteiger partial charge in [-0.05, 0) is 43.5 Å². The van der Waals surface area contributed by atoms with E-state index in [1.165, 1.54) is 0 Å². The third kappa shape index (κ3) is 4.18. The topological polar surface area (TPSA) is 106 Å². The molecule has 0 atom stereocenters. The van der Waals surface area contributed by atoms with Crippen molar-refractivity contribution in [1.29, 1.82) is 0 Å². The van der Waals surface area contributed by atoms with E-state index >= 15 is 0 Å². The molecule has 1 aromatic carbocycles. The summed E-state index contributed by atoms with van der Waals surface area (Å²) in [7, 11) is -3.79. The van der Waals surface area contributed by atoms with Crippen molar-refractivity contribution >= 4 is 21.6 Å². The molecule has 0 fully saturated rings. The summed E-state index contributed by atoms with van der Waals surface area (Å²) in [5, 5.41) is 0. The van der Waals surface area contributed by atoms with Crippen molar-refractivity contribution in [3.05, 3.63) is 23.3 Å². The summed E-state index contributed by atoms with van der Waals surface area (Å²) in [4.78, 5) is 11.3. The van der Waals surface area contributed by atoms with E-state index < -0.39 is 15.9 Å². The Labute approximate surface area is 126 Å². The molecule has 0 bridgehead atoms. The van der Waals surface area contributed by atoms with Gasteiger partial charge in [0.1, 0.15) is 0 Å². The molecule has 0 aliphatic rings.